The zero-order valence-corrected chi connectivity index (χ0v) is 10.4. The molecule has 3 nitrogen and oxygen atoms in total. The zero-order valence-electron chi connectivity index (χ0n) is 10.4. The molecule has 1 N–H and O–H groups in total. The predicted octanol–water partition coefficient (Wildman–Crippen LogP) is 2.03. The van der Waals surface area contributed by atoms with Gasteiger partial charge in [-0.15, -0.1) is 0 Å². The van der Waals surface area contributed by atoms with E-state index in [2.05, 4.69) is 23.3 Å². The van der Waals surface area contributed by atoms with E-state index in [0.717, 1.165) is 19.3 Å². The minimum Gasteiger partial charge on any atom is -0.380 e. The van der Waals surface area contributed by atoms with Crippen molar-refractivity contribution in [2.45, 2.75) is 38.3 Å². The van der Waals surface area contributed by atoms with Gasteiger partial charge in [0, 0.05) is 25.5 Å². The van der Waals surface area contributed by atoms with Crippen molar-refractivity contribution in [1.29, 1.82) is 0 Å². The van der Waals surface area contributed by atoms with Gasteiger partial charge in [-0.3, -0.25) is 4.98 Å². The monoisotopic (exact) mass is 222 g/mol. The van der Waals surface area contributed by atoms with Crippen molar-refractivity contribution in [3.05, 3.63) is 30.1 Å². The van der Waals surface area contributed by atoms with E-state index in [-0.39, 0.29) is 6.10 Å². The van der Waals surface area contributed by atoms with Crippen molar-refractivity contribution in [3.63, 3.8) is 0 Å². The van der Waals surface area contributed by atoms with E-state index in [1.54, 1.807) is 13.3 Å². The lowest BCUT2D eigenvalue weighted by molar-refractivity contribution is 0.0633. The molecular weight excluding hydrogens is 200 g/mol. The summed E-state index contributed by atoms with van der Waals surface area (Å²) >= 11 is 0. The third kappa shape index (κ3) is 3.91. The molecule has 90 valence electrons. The van der Waals surface area contributed by atoms with E-state index in [1.807, 2.05) is 19.3 Å². The Balaban J connectivity index is 2.60. The summed E-state index contributed by atoms with van der Waals surface area (Å²) in [4.78, 5) is 4.13. The van der Waals surface area contributed by atoms with Crippen LogP contribution in [-0.2, 0) is 11.2 Å². The second kappa shape index (κ2) is 7.36. The molecule has 0 saturated carbocycles. The molecule has 0 spiro atoms. The number of hydrogen-bond donors (Lipinski definition) is 1. The summed E-state index contributed by atoms with van der Waals surface area (Å²) in [5, 5.41) is 3.33. The van der Waals surface area contributed by atoms with Crippen LogP contribution in [0.5, 0.6) is 0 Å². The highest BCUT2D eigenvalue weighted by molar-refractivity contribution is 5.10. The first kappa shape index (κ1) is 13.1. The van der Waals surface area contributed by atoms with E-state index in [0.29, 0.717) is 6.04 Å². The Morgan fingerprint density at radius 1 is 1.50 bits per heavy atom. The number of methoxy groups -OCH3 is 1. The molecule has 1 aromatic rings. The largest absolute Gasteiger partial charge is 0.380 e. The Bertz CT molecular complexity index is 277. The number of nitrogens with one attached hydrogen (secondary N) is 1. The first-order valence-electron chi connectivity index (χ1n) is 5.90. The fraction of sp³-hybridized carbons (Fsp3) is 0.615. The minimum atomic E-state index is 0.273. The topological polar surface area (TPSA) is 34.1 Å². The van der Waals surface area contributed by atoms with E-state index >= 15 is 0 Å². The number of nitrogens with zero attached hydrogens (tertiary/aromatic N) is 1. The van der Waals surface area contributed by atoms with Gasteiger partial charge < -0.3 is 10.1 Å². The molecule has 3 heteroatoms. The van der Waals surface area contributed by atoms with Crippen molar-refractivity contribution < 1.29 is 4.74 Å². The van der Waals surface area contributed by atoms with Crippen molar-refractivity contribution in [3.8, 4) is 0 Å². The van der Waals surface area contributed by atoms with Gasteiger partial charge in [-0.25, -0.2) is 0 Å². The Labute approximate surface area is 98.2 Å². The lowest BCUT2D eigenvalue weighted by Gasteiger charge is -2.25. The van der Waals surface area contributed by atoms with Gasteiger partial charge >= 0.3 is 0 Å². The van der Waals surface area contributed by atoms with Crippen LogP contribution in [0, 0.1) is 0 Å². The zero-order chi connectivity index (χ0) is 11.8. The second-order valence-corrected chi connectivity index (χ2v) is 4.02. The third-order valence-corrected chi connectivity index (χ3v) is 2.87. The maximum Gasteiger partial charge on any atom is 0.0727 e. The first-order chi connectivity index (χ1) is 7.81. The highest BCUT2D eigenvalue weighted by Gasteiger charge is 2.18. The highest BCUT2D eigenvalue weighted by atomic mass is 16.5. The summed E-state index contributed by atoms with van der Waals surface area (Å²) in [7, 11) is 3.77. The van der Waals surface area contributed by atoms with Gasteiger partial charge in [-0.05, 0) is 31.5 Å². The molecule has 0 aliphatic heterocycles. The van der Waals surface area contributed by atoms with Gasteiger partial charge in [-0.1, -0.05) is 19.4 Å². The third-order valence-electron chi connectivity index (χ3n) is 2.87. The Hall–Kier alpha value is -0.930. The number of aromatic nitrogens is 1. The number of ether oxygens (including phenoxy) is 1. The van der Waals surface area contributed by atoms with E-state index in [1.165, 1.54) is 5.56 Å². The Morgan fingerprint density at radius 3 is 2.81 bits per heavy atom. The summed E-state index contributed by atoms with van der Waals surface area (Å²) in [5.74, 6) is 0. The second-order valence-electron chi connectivity index (χ2n) is 4.02. The summed E-state index contributed by atoms with van der Waals surface area (Å²) < 4.78 is 5.53. The molecule has 2 unspecified atom stereocenters. The minimum absolute atomic E-state index is 0.273. The van der Waals surface area contributed by atoms with Crippen molar-refractivity contribution in [1.82, 2.24) is 10.3 Å². The number of rotatable bonds is 7. The Morgan fingerprint density at radius 2 is 2.31 bits per heavy atom. The molecule has 0 aromatic carbocycles. The Kier molecular flexibility index (Phi) is 6.04. The summed E-state index contributed by atoms with van der Waals surface area (Å²) in [6.45, 7) is 2.18. The fourth-order valence-corrected chi connectivity index (χ4v) is 1.96. The van der Waals surface area contributed by atoms with Crippen LogP contribution in [0.25, 0.3) is 0 Å². The molecule has 0 bridgehead atoms. The SMILES string of the molecule is CCCC(OC)C(Cc1cccnc1)NC. The molecule has 0 aliphatic carbocycles. The lowest BCUT2D eigenvalue weighted by atomic mass is 9.99. The van der Waals surface area contributed by atoms with Gasteiger partial charge in [0.1, 0.15) is 0 Å². The van der Waals surface area contributed by atoms with Gasteiger partial charge in [0.05, 0.1) is 6.10 Å². The molecule has 1 aromatic heterocycles. The van der Waals surface area contributed by atoms with Gasteiger partial charge in [-0.2, -0.15) is 0 Å². The van der Waals surface area contributed by atoms with Crippen LogP contribution in [0.1, 0.15) is 25.3 Å². The maximum atomic E-state index is 5.53. The van der Waals surface area contributed by atoms with Gasteiger partial charge in [0.15, 0.2) is 0 Å². The normalized spacial score (nSPS) is 14.7. The average molecular weight is 222 g/mol. The van der Waals surface area contributed by atoms with Gasteiger partial charge in [0.2, 0.25) is 0 Å². The van der Waals surface area contributed by atoms with Crippen molar-refractivity contribution >= 4 is 0 Å². The average Bonchev–Trinajstić information content (AvgIpc) is 2.35. The molecule has 1 rings (SSSR count). The van der Waals surface area contributed by atoms with E-state index in [4.69, 9.17) is 4.74 Å². The first-order valence-corrected chi connectivity index (χ1v) is 5.90. The molecule has 0 fully saturated rings. The number of hydrogen-bond acceptors (Lipinski definition) is 3. The standard InChI is InChI=1S/C13H22N2O/c1-4-6-13(16-3)12(14-2)9-11-7-5-8-15-10-11/h5,7-8,10,12-14H,4,6,9H2,1-3H3. The molecular formula is C13H22N2O. The van der Waals surface area contributed by atoms with E-state index in [9.17, 15) is 0 Å². The number of pyridine rings is 1. The van der Waals surface area contributed by atoms with Crippen LogP contribution in [-0.4, -0.2) is 31.3 Å². The smallest absolute Gasteiger partial charge is 0.0727 e. The maximum absolute atomic E-state index is 5.53. The molecule has 0 aliphatic rings. The molecule has 0 amide bonds. The number of likely N-dealkylation sites (N-methyl/N-ethyl adjacent to an activating group) is 1. The quantitative estimate of drug-likeness (QED) is 0.766. The van der Waals surface area contributed by atoms with Crippen molar-refractivity contribution in [2.75, 3.05) is 14.2 Å². The fourth-order valence-electron chi connectivity index (χ4n) is 1.96. The van der Waals surface area contributed by atoms with Crippen LogP contribution in [0.3, 0.4) is 0 Å². The van der Waals surface area contributed by atoms with Crippen LogP contribution in [0.2, 0.25) is 0 Å². The summed E-state index contributed by atoms with van der Waals surface area (Å²) in [5.41, 5.74) is 1.25. The molecule has 1 heterocycles. The van der Waals surface area contributed by atoms with Crippen LogP contribution >= 0.6 is 0 Å². The van der Waals surface area contributed by atoms with Gasteiger partial charge in [0.25, 0.3) is 0 Å². The van der Waals surface area contributed by atoms with E-state index < -0.39 is 0 Å². The highest BCUT2D eigenvalue weighted by Crippen LogP contribution is 2.11. The van der Waals surface area contributed by atoms with Crippen LogP contribution in [0.15, 0.2) is 24.5 Å². The summed E-state index contributed by atoms with van der Waals surface area (Å²) in [6.07, 6.45) is 7.19. The van der Waals surface area contributed by atoms with Crippen LogP contribution in [0.4, 0.5) is 0 Å². The molecule has 2 atom stereocenters. The van der Waals surface area contributed by atoms with Crippen LogP contribution < -0.4 is 5.32 Å². The molecule has 0 saturated heterocycles. The lowest BCUT2D eigenvalue weighted by Crippen LogP contribution is -2.40. The molecule has 16 heavy (non-hydrogen) atoms. The predicted molar refractivity (Wildman–Crippen MR) is 66.5 cm³/mol. The molecule has 0 radical (unpaired) electrons. The van der Waals surface area contributed by atoms with Crippen molar-refractivity contribution in [2.24, 2.45) is 0 Å². The summed E-state index contributed by atoms with van der Waals surface area (Å²) in [6, 6.07) is 4.44.